The Bertz CT molecular complexity index is 464. The number of amides is 1. The van der Waals surface area contributed by atoms with Gasteiger partial charge in [-0.1, -0.05) is 32.1 Å². The number of hydrogen-bond donors (Lipinski definition) is 2. The Morgan fingerprint density at radius 3 is 2.80 bits per heavy atom. The molecule has 0 aliphatic heterocycles. The highest BCUT2D eigenvalue weighted by Gasteiger charge is 2.15. The standard InChI is InChI=1S/C14H21N3O3/c18-13(7-6-11-4-2-1-3-5-11)16-12-8-15-17(9-12)10-14(19)20/h8-9,11H,1-7,10H2,(H,16,18)(H,19,20). The number of aromatic nitrogens is 2. The van der Waals surface area contributed by atoms with E-state index in [1.54, 1.807) is 0 Å². The van der Waals surface area contributed by atoms with Gasteiger partial charge in [0.2, 0.25) is 5.91 Å². The number of rotatable bonds is 6. The Balaban J connectivity index is 1.73. The van der Waals surface area contributed by atoms with Crippen molar-refractivity contribution in [2.45, 2.75) is 51.5 Å². The lowest BCUT2D eigenvalue weighted by atomic mass is 9.86. The van der Waals surface area contributed by atoms with Crippen LogP contribution in [0.15, 0.2) is 12.4 Å². The maximum Gasteiger partial charge on any atom is 0.325 e. The first-order chi connectivity index (χ1) is 9.63. The van der Waals surface area contributed by atoms with Gasteiger partial charge in [-0.3, -0.25) is 14.3 Å². The molecule has 1 aliphatic carbocycles. The predicted octanol–water partition coefficient (Wildman–Crippen LogP) is 2.27. The fraction of sp³-hybridized carbons (Fsp3) is 0.643. The van der Waals surface area contributed by atoms with Crippen molar-refractivity contribution >= 4 is 17.6 Å². The van der Waals surface area contributed by atoms with Gasteiger partial charge in [-0.2, -0.15) is 5.10 Å². The third kappa shape index (κ3) is 4.68. The zero-order chi connectivity index (χ0) is 14.4. The van der Waals surface area contributed by atoms with Crippen molar-refractivity contribution in [1.82, 2.24) is 9.78 Å². The van der Waals surface area contributed by atoms with Crippen molar-refractivity contribution in [1.29, 1.82) is 0 Å². The second-order valence-electron chi connectivity index (χ2n) is 5.41. The Kier molecular flexibility index (Phi) is 5.15. The molecule has 0 bridgehead atoms. The van der Waals surface area contributed by atoms with Crippen molar-refractivity contribution < 1.29 is 14.7 Å². The molecule has 0 unspecified atom stereocenters. The monoisotopic (exact) mass is 279 g/mol. The SMILES string of the molecule is O=C(O)Cn1cc(NC(=O)CCC2CCCCC2)cn1. The molecule has 1 aromatic rings. The van der Waals surface area contributed by atoms with Crippen molar-refractivity contribution in [3.63, 3.8) is 0 Å². The topological polar surface area (TPSA) is 84.2 Å². The van der Waals surface area contributed by atoms with Gasteiger partial charge in [0, 0.05) is 12.6 Å². The maximum atomic E-state index is 11.8. The Hall–Kier alpha value is -1.85. The summed E-state index contributed by atoms with van der Waals surface area (Å²) in [6, 6.07) is 0. The first-order valence-electron chi connectivity index (χ1n) is 7.17. The van der Waals surface area contributed by atoms with Gasteiger partial charge in [0.05, 0.1) is 11.9 Å². The molecule has 2 rings (SSSR count). The third-order valence-corrected chi connectivity index (χ3v) is 3.72. The van der Waals surface area contributed by atoms with E-state index in [2.05, 4.69) is 10.4 Å². The molecule has 1 amide bonds. The van der Waals surface area contributed by atoms with Crippen LogP contribution in [-0.2, 0) is 16.1 Å². The first-order valence-corrected chi connectivity index (χ1v) is 7.17. The number of carboxylic acids is 1. The molecule has 6 heteroatoms. The van der Waals surface area contributed by atoms with Crippen molar-refractivity contribution in [3.05, 3.63) is 12.4 Å². The number of nitrogens with one attached hydrogen (secondary N) is 1. The Morgan fingerprint density at radius 1 is 1.35 bits per heavy atom. The molecule has 1 heterocycles. The van der Waals surface area contributed by atoms with E-state index in [9.17, 15) is 9.59 Å². The van der Waals surface area contributed by atoms with Crippen LogP contribution in [-0.4, -0.2) is 26.8 Å². The minimum absolute atomic E-state index is 0.0227. The van der Waals surface area contributed by atoms with Gasteiger partial charge >= 0.3 is 5.97 Å². The van der Waals surface area contributed by atoms with Crippen molar-refractivity contribution in [2.24, 2.45) is 5.92 Å². The second kappa shape index (κ2) is 7.07. The summed E-state index contributed by atoms with van der Waals surface area (Å²) in [7, 11) is 0. The number of hydrogen-bond acceptors (Lipinski definition) is 3. The lowest BCUT2D eigenvalue weighted by molar-refractivity contribution is -0.137. The molecule has 1 aromatic heterocycles. The molecule has 0 aromatic carbocycles. The molecule has 20 heavy (non-hydrogen) atoms. The highest BCUT2D eigenvalue weighted by molar-refractivity contribution is 5.90. The number of carbonyl (C=O) groups excluding carboxylic acids is 1. The summed E-state index contributed by atoms with van der Waals surface area (Å²) in [5.41, 5.74) is 0.555. The fourth-order valence-corrected chi connectivity index (χ4v) is 2.69. The van der Waals surface area contributed by atoms with Gasteiger partial charge in [-0.05, 0) is 12.3 Å². The van der Waals surface area contributed by atoms with Crippen LogP contribution in [0.25, 0.3) is 0 Å². The second-order valence-corrected chi connectivity index (χ2v) is 5.41. The summed E-state index contributed by atoms with van der Waals surface area (Å²) in [6.45, 7) is -0.196. The van der Waals surface area contributed by atoms with Crippen LogP contribution in [0.1, 0.15) is 44.9 Å². The molecule has 0 atom stereocenters. The van der Waals surface area contributed by atoms with Gasteiger partial charge in [0.25, 0.3) is 0 Å². The van der Waals surface area contributed by atoms with Crippen LogP contribution < -0.4 is 5.32 Å². The van der Waals surface area contributed by atoms with Crippen molar-refractivity contribution in [3.8, 4) is 0 Å². The van der Waals surface area contributed by atoms with Gasteiger partial charge in [-0.15, -0.1) is 0 Å². The van der Waals surface area contributed by atoms with Crippen LogP contribution >= 0.6 is 0 Å². The average Bonchev–Trinajstić information content (AvgIpc) is 2.84. The van der Waals surface area contributed by atoms with E-state index in [1.165, 1.54) is 49.2 Å². The third-order valence-electron chi connectivity index (χ3n) is 3.72. The number of nitrogens with zero attached hydrogens (tertiary/aromatic N) is 2. The average molecular weight is 279 g/mol. The number of carbonyl (C=O) groups is 2. The van der Waals surface area contributed by atoms with Crippen LogP contribution in [0.3, 0.4) is 0 Å². The van der Waals surface area contributed by atoms with E-state index < -0.39 is 5.97 Å². The molecule has 0 spiro atoms. The fourth-order valence-electron chi connectivity index (χ4n) is 2.69. The van der Waals surface area contributed by atoms with E-state index in [0.717, 1.165) is 6.42 Å². The Morgan fingerprint density at radius 2 is 2.10 bits per heavy atom. The molecule has 0 radical (unpaired) electrons. The largest absolute Gasteiger partial charge is 0.480 e. The molecular weight excluding hydrogens is 258 g/mol. The van der Waals surface area contributed by atoms with Gasteiger partial charge in [0.1, 0.15) is 6.54 Å². The molecule has 2 N–H and O–H groups in total. The normalized spacial score (nSPS) is 16.0. The van der Waals surface area contributed by atoms with E-state index in [1.807, 2.05) is 0 Å². The van der Waals surface area contributed by atoms with E-state index in [0.29, 0.717) is 18.0 Å². The van der Waals surface area contributed by atoms with Crippen molar-refractivity contribution in [2.75, 3.05) is 5.32 Å². The summed E-state index contributed by atoms with van der Waals surface area (Å²) in [5.74, 6) is -0.294. The predicted molar refractivity (Wildman–Crippen MR) is 74.3 cm³/mol. The molecule has 1 fully saturated rings. The highest BCUT2D eigenvalue weighted by atomic mass is 16.4. The smallest absolute Gasteiger partial charge is 0.325 e. The van der Waals surface area contributed by atoms with Crippen LogP contribution in [0.5, 0.6) is 0 Å². The number of anilines is 1. The molecule has 110 valence electrons. The molecular formula is C14H21N3O3. The van der Waals surface area contributed by atoms with E-state index >= 15 is 0 Å². The summed E-state index contributed by atoms with van der Waals surface area (Å²) in [4.78, 5) is 22.4. The summed E-state index contributed by atoms with van der Waals surface area (Å²) in [5, 5.41) is 15.3. The van der Waals surface area contributed by atoms with Crippen LogP contribution in [0.2, 0.25) is 0 Å². The molecule has 1 saturated carbocycles. The van der Waals surface area contributed by atoms with Crippen LogP contribution in [0.4, 0.5) is 5.69 Å². The number of carboxylic acid groups (broad SMARTS) is 1. The summed E-state index contributed by atoms with van der Waals surface area (Å²) >= 11 is 0. The highest BCUT2D eigenvalue weighted by Crippen LogP contribution is 2.27. The quantitative estimate of drug-likeness (QED) is 0.836. The summed E-state index contributed by atoms with van der Waals surface area (Å²) in [6.07, 6.45) is 10.8. The number of aliphatic carboxylic acids is 1. The zero-order valence-corrected chi connectivity index (χ0v) is 11.5. The minimum Gasteiger partial charge on any atom is -0.480 e. The molecule has 0 saturated heterocycles. The summed E-state index contributed by atoms with van der Waals surface area (Å²) < 4.78 is 1.29. The Labute approximate surface area is 118 Å². The minimum atomic E-state index is -0.955. The lowest BCUT2D eigenvalue weighted by Crippen LogP contribution is -2.14. The van der Waals surface area contributed by atoms with Crippen LogP contribution in [0, 0.1) is 5.92 Å². The molecule has 1 aliphatic rings. The lowest BCUT2D eigenvalue weighted by Gasteiger charge is -2.20. The van der Waals surface area contributed by atoms with E-state index in [4.69, 9.17) is 5.11 Å². The van der Waals surface area contributed by atoms with Gasteiger partial charge < -0.3 is 10.4 Å². The maximum absolute atomic E-state index is 11.8. The zero-order valence-electron chi connectivity index (χ0n) is 11.5. The van der Waals surface area contributed by atoms with Gasteiger partial charge in [-0.25, -0.2) is 0 Å². The van der Waals surface area contributed by atoms with Gasteiger partial charge in [0.15, 0.2) is 0 Å². The first kappa shape index (κ1) is 14.6. The molecule has 6 nitrogen and oxygen atoms in total. The van der Waals surface area contributed by atoms with E-state index in [-0.39, 0.29) is 12.5 Å².